The monoisotopic (exact) mass is 350 g/mol. The van der Waals surface area contributed by atoms with Crippen molar-refractivity contribution in [2.24, 2.45) is 0 Å². The number of aromatic hydroxyl groups is 1. The SMILES string of the molecule is COc1cc2c(cc1O)[C@H]1COC3=C(C(=O)c4ccccc4C3=O)[C@H]1O2. The molecule has 0 aromatic heterocycles. The van der Waals surface area contributed by atoms with Gasteiger partial charge in [0.15, 0.2) is 23.0 Å². The molecule has 1 N–H and O–H groups in total. The number of Topliss-reactive ketones (excluding diaryl/α,β-unsaturated/α-hetero) is 2. The molecule has 3 aliphatic rings. The van der Waals surface area contributed by atoms with Crippen molar-refractivity contribution in [2.45, 2.75) is 12.0 Å². The number of phenolic OH excluding ortho intramolecular Hbond substituents is 1. The normalized spacial score (nSPS) is 22.7. The van der Waals surface area contributed by atoms with Crippen molar-refractivity contribution in [1.29, 1.82) is 0 Å². The van der Waals surface area contributed by atoms with Crippen LogP contribution in [0.25, 0.3) is 0 Å². The molecule has 2 atom stereocenters. The van der Waals surface area contributed by atoms with Crippen LogP contribution in [0.15, 0.2) is 47.7 Å². The van der Waals surface area contributed by atoms with Gasteiger partial charge in [0.1, 0.15) is 11.9 Å². The van der Waals surface area contributed by atoms with Gasteiger partial charge in [0, 0.05) is 22.8 Å². The van der Waals surface area contributed by atoms with Gasteiger partial charge in [-0.25, -0.2) is 0 Å². The topological polar surface area (TPSA) is 82.1 Å². The smallest absolute Gasteiger partial charge is 0.228 e. The lowest BCUT2D eigenvalue weighted by Crippen LogP contribution is -2.39. The molecule has 26 heavy (non-hydrogen) atoms. The molecule has 2 aliphatic heterocycles. The number of rotatable bonds is 1. The maximum absolute atomic E-state index is 13.0. The van der Waals surface area contributed by atoms with Crippen LogP contribution in [0.1, 0.15) is 32.2 Å². The summed E-state index contributed by atoms with van der Waals surface area (Å²) in [6.45, 7) is 0.198. The summed E-state index contributed by atoms with van der Waals surface area (Å²) in [5.41, 5.74) is 1.70. The van der Waals surface area contributed by atoms with E-state index in [4.69, 9.17) is 14.2 Å². The van der Waals surface area contributed by atoms with Gasteiger partial charge in [-0.05, 0) is 6.07 Å². The van der Waals surface area contributed by atoms with Crippen molar-refractivity contribution in [2.75, 3.05) is 13.7 Å². The Hall–Kier alpha value is -3.28. The molecule has 5 rings (SSSR count). The van der Waals surface area contributed by atoms with E-state index in [9.17, 15) is 14.7 Å². The molecule has 0 spiro atoms. The van der Waals surface area contributed by atoms with Crippen LogP contribution in [-0.4, -0.2) is 36.5 Å². The van der Waals surface area contributed by atoms with Crippen LogP contribution in [-0.2, 0) is 4.74 Å². The second-order valence-corrected chi connectivity index (χ2v) is 6.46. The summed E-state index contributed by atoms with van der Waals surface area (Å²) < 4.78 is 16.8. The van der Waals surface area contributed by atoms with Crippen LogP contribution < -0.4 is 9.47 Å². The van der Waals surface area contributed by atoms with Crippen LogP contribution >= 0.6 is 0 Å². The van der Waals surface area contributed by atoms with Gasteiger partial charge in [0.05, 0.1) is 25.2 Å². The Labute approximate surface area is 148 Å². The van der Waals surface area contributed by atoms with Crippen LogP contribution in [0, 0.1) is 0 Å². The minimum atomic E-state index is -0.620. The Balaban J connectivity index is 1.63. The van der Waals surface area contributed by atoms with E-state index >= 15 is 0 Å². The van der Waals surface area contributed by atoms with E-state index < -0.39 is 6.10 Å². The van der Waals surface area contributed by atoms with Gasteiger partial charge in [-0.15, -0.1) is 0 Å². The van der Waals surface area contributed by atoms with Gasteiger partial charge in [-0.2, -0.15) is 0 Å². The summed E-state index contributed by atoms with van der Waals surface area (Å²) in [6, 6.07) is 9.87. The van der Waals surface area contributed by atoms with Gasteiger partial charge in [0.2, 0.25) is 5.78 Å². The number of ketones is 2. The van der Waals surface area contributed by atoms with Crippen molar-refractivity contribution >= 4 is 11.6 Å². The molecule has 6 nitrogen and oxygen atoms in total. The molecule has 0 saturated heterocycles. The maximum atomic E-state index is 13.0. The van der Waals surface area contributed by atoms with Crippen molar-refractivity contribution in [1.82, 2.24) is 0 Å². The van der Waals surface area contributed by atoms with E-state index in [2.05, 4.69) is 0 Å². The fraction of sp³-hybridized carbons (Fsp3) is 0.200. The Kier molecular flexibility index (Phi) is 2.95. The molecule has 2 aromatic carbocycles. The van der Waals surface area contributed by atoms with Gasteiger partial charge < -0.3 is 19.3 Å². The largest absolute Gasteiger partial charge is 0.504 e. The van der Waals surface area contributed by atoms with E-state index in [1.165, 1.54) is 7.11 Å². The van der Waals surface area contributed by atoms with Crippen LogP contribution in [0.5, 0.6) is 17.2 Å². The van der Waals surface area contributed by atoms with Crippen LogP contribution in [0.4, 0.5) is 0 Å². The lowest BCUT2D eigenvalue weighted by Gasteiger charge is -2.31. The number of carbonyl (C=O) groups excluding carboxylic acids is 2. The zero-order chi connectivity index (χ0) is 18.0. The highest BCUT2D eigenvalue weighted by Gasteiger charge is 2.49. The average Bonchev–Trinajstić information content (AvgIpc) is 3.02. The van der Waals surface area contributed by atoms with Gasteiger partial charge in [-0.1, -0.05) is 24.3 Å². The Morgan fingerprint density at radius 1 is 1.12 bits per heavy atom. The summed E-state index contributed by atoms with van der Waals surface area (Å²) in [7, 11) is 1.45. The highest BCUT2D eigenvalue weighted by molar-refractivity contribution is 6.26. The van der Waals surface area contributed by atoms with Crippen LogP contribution in [0.3, 0.4) is 0 Å². The lowest BCUT2D eigenvalue weighted by molar-refractivity contribution is 0.0697. The second kappa shape index (κ2) is 5.11. The first kappa shape index (κ1) is 15.0. The van der Waals surface area contributed by atoms with E-state index in [1.807, 2.05) is 0 Å². The lowest BCUT2D eigenvalue weighted by atomic mass is 9.80. The molecule has 0 unspecified atom stereocenters. The number of benzene rings is 2. The molecule has 0 radical (unpaired) electrons. The number of hydrogen-bond acceptors (Lipinski definition) is 6. The zero-order valence-corrected chi connectivity index (χ0v) is 13.8. The number of methoxy groups -OCH3 is 1. The van der Waals surface area contributed by atoms with Gasteiger partial charge in [0.25, 0.3) is 0 Å². The van der Waals surface area contributed by atoms with Gasteiger partial charge >= 0.3 is 0 Å². The van der Waals surface area contributed by atoms with Crippen LogP contribution in [0.2, 0.25) is 0 Å². The summed E-state index contributed by atoms with van der Waals surface area (Å²) in [6.07, 6.45) is -0.620. The Bertz CT molecular complexity index is 1020. The predicted molar refractivity (Wildman–Crippen MR) is 89.9 cm³/mol. The molecular formula is C20H14O6. The third-order valence-corrected chi connectivity index (χ3v) is 5.13. The fourth-order valence-corrected chi connectivity index (χ4v) is 3.89. The minimum absolute atomic E-state index is 0.00771. The molecule has 6 heteroatoms. The third kappa shape index (κ3) is 1.81. The number of carbonyl (C=O) groups is 2. The predicted octanol–water partition coefficient (Wildman–Crippen LogP) is 2.61. The number of fused-ring (bicyclic) bond motifs is 5. The van der Waals surface area contributed by atoms with Crippen molar-refractivity contribution in [3.05, 3.63) is 64.4 Å². The summed E-state index contributed by atoms with van der Waals surface area (Å²) >= 11 is 0. The summed E-state index contributed by atoms with van der Waals surface area (Å²) in [5.74, 6) is 0.0377. The van der Waals surface area contributed by atoms with E-state index in [-0.39, 0.29) is 46.9 Å². The molecule has 0 fully saturated rings. The van der Waals surface area contributed by atoms with E-state index in [0.29, 0.717) is 16.9 Å². The molecule has 130 valence electrons. The maximum Gasteiger partial charge on any atom is 0.228 e. The first-order valence-corrected chi connectivity index (χ1v) is 8.23. The highest BCUT2D eigenvalue weighted by Crippen LogP contribution is 2.49. The van der Waals surface area contributed by atoms with E-state index in [0.717, 1.165) is 5.56 Å². The molecule has 0 amide bonds. The fourth-order valence-electron chi connectivity index (χ4n) is 3.89. The first-order valence-electron chi connectivity index (χ1n) is 8.23. The average molecular weight is 350 g/mol. The second-order valence-electron chi connectivity index (χ2n) is 6.46. The first-order chi connectivity index (χ1) is 12.6. The van der Waals surface area contributed by atoms with Crippen molar-refractivity contribution < 1.29 is 28.9 Å². The van der Waals surface area contributed by atoms with Crippen molar-refractivity contribution in [3.63, 3.8) is 0 Å². The molecule has 2 heterocycles. The number of ether oxygens (including phenoxy) is 3. The summed E-state index contributed by atoms with van der Waals surface area (Å²) in [5, 5.41) is 10.1. The third-order valence-electron chi connectivity index (χ3n) is 5.13. The zero-order valence-electron chi connectivity index (χ0n) is 13.8. The minimum Gasteiger partial charge on any atom is -0.504 e. The molecule has 0 saturated carbocycles. The van der Waals surface area contributed by atoms with Crippen molar-refractivity contribution in [3.8, 4) is 17.2 Å². The Morgan fingerprint density at radius 3 is 2.58 bits per heavy atom. The molecule has 2 aromatic rings. The molecular weight excluding hydrogens is 336 g/mol. The summed E-state index contributed by atoms with van der Waals surface area (Å²) in [4.78, 5) is 25.8. The number of hydrogen-bond donors (Lipinski definition) is 1. The van der Waals surface area contributed by atoms with E-state index in [1.54, 1.807) is 36.4 Å². The number of phenols is 1. The quantitative estimate of drug-likeness (QED) is 0.851. The van der Waals surface area contributed by atoms with Gasteiger partial charge in [-0.3, -0.25) is 9.59 Å². The molecule has 1 aliphatic carbocycles. The molecule has 0 bridgehead atoms. The number of allylic oxidation sites excluding steroid dienone is 1. The standard InChI is InChI=1S/C20H14O6/c1-24-15-7-14-11(6-13(15)21)12-8-25-20-16(19(12)26-14)17(22)9-4-2-3-5-10(9)18(20)23/h2-7,12,19,21H,8H2,1H3/t12-,19+/m1/s1. The highest BCUT2D eigenvalue weighted by atomic mass is 16.5. The Morgan fingerprint density at radius 2 is 1.85 bits per heavy atom.